The third-order valence-electron chi connectivity index (χ3n) is 5.07. The second-order valence-corrected chi connectivity index (χ2v) is 8.15. The fourth-order valence-electron chi connectivity index (χ4n) is 3.37. The van der Waals surface area contributed by atoms with Crippen LogP contribution < -0.4 is 5.56 Å². The Morgan fingerprint density at radius 3 is 2.73 bits per heavy atom. The predicted molar refractivity (Wildman–Crippen MR) is 101 cm³/mol. The van der Waals surface area contributed by atoms with Gasteiger partial charge in [0.1, 0.15) is 4.83 Å². The minimum Gasteiger partial charge on any atom is -0.465 e. The molecule has 3 rings (SSSR count). The van der Waals surface area contributed by atoms with E-state index in [1.54, 1.807) is 6.92 Å². The summed E-state index contributed by atoms with van der Waals surface area (Å²) in [5, 5.41) is 11.6. The summed E-state index contributed by atoms with van der Waals surface area (Å²) in [5.74, 6) is -0.243. The summed E-state index contributed by atoms with van der Waals surface area (Å²) >= 11 is 1.52. The average Bonchev–Trinajstić information content (AvgIpc) is 2.88. The number of carbonyl (C=O) groups excluding carboxylic acids is 1. The van der Waals surface area contributed by atoms with Crippen LogP contribution in [-0.2, 0) is 16.1 Å². The van der Waals surface area contributed by atoms with E-state index in [2.05, 4.69) is 4.98 Å². The highest BCUT2D eigenvalue weighted by atomic mass is 32.1. The molecule has 1 fully saturated rings. The molecule has 142 valence electrons. The molecule has 1 aliphatic rings. The highest BCUT2D eigenvalue weighted by Crippen LogP contribution is 2.27. The van der Waals surface area contributed by atoms with Gasteiger partial charge in [0.25, 0.3) is 5.56 Å². The first kappa shape index (κ1) is 19.0. The lowest BCUT2D eigenvalue weighted by Crippen LogP contribution is -2.49. The average molecular weight is 379 g/mol. The van der Waals surface area contributed by atoms with Gasteiger partial charge in [-0.15, -0.1) is 11.3 Å². The monoisotopic (exact) mass is 379 g/mol. The van der Waals surface area contributed by atoms with Gasteiger partial charge in [-0.05, 0) is 39.2 Å². The zero-order valence-electron chi connectivity index (χ0n) is 15.4. The molecule has 0 spiro atoms. The minimum atomic E-state index is -0.969. The van der Waals surface area contributed by atoms with E-state index >= 15 is 0 Å². The van der Waals surface area contributed by atoms with Crippen LogP contribution in [0.4, 0.5) is 0 Å². The quantitative estimate of drug-likeness (QED) is 0.792. The molecule has 0 saturated carbocycles. The van der Waals surface area contributed by atoms with Crippen molar-refractivity contribution in [2.75, 3.05) is 26.2 Å². The van der Waals surface area contributed by atoms with E-state index in [1.807, 2.05) is 18.7 Å². The molecule has 0 aliphatic carbocycles. The Morgan fingerprint density at radius 2 is 2.08 bits per heavy atom. The van der Waals surface area contributed by atoms with E-state index in [1.165, 1.54) is 22.2 Å². The first-order chi connectivity index (χ1) is 12.3. The molecule has 0 radical (unpaired) electrons. The number of hydrogen-bond acceptors (Lipinski definition) is 7. The van der Waals surface area contributed by atoms with Gasteiger partial charge in [-0.25, -0.2) is 4.98 Å². The topological polar surface area (TPSA) is 84.7 Å². The summed E-state index contributed by atoms with van der Waals surface area (Å²) in [6.45, 7) is 7.72. The Balaban J connectivity index is 1.71. The van der Waals surface area contributed by atoms with Gasteiger partial charge >= 0.3 is 5.97 Å². The number of thiophene rings is 1. The molecule has 0 aromatic carbocycles. The van der Waals surface area contributed by atoms with E-state index in [-0.39, 0.29) is 24.6 Å². The van der Waals surface area contributed by atoms with E-state index in [0.717, 1.165) is 15.3 Å². The van der Waals surface area contributed by atoms with Crippen LogP contribution in [-0.4, -0.2) is 57.4 Å². The number of likely N-dealkylation sites (tertiary alicyclic amines) is 1. The smallest absolute Gasteiger partial charge is 0.320 e. The summed E-state index contributed by atoms with van der Waals surface area (Å²) in [4.78, 5) is 32.6. The van der Waals surface area contributed by atoms with Gasteiger partial charge in [0.2, 0.25) is 0 Å². The van der Waals surface area contributed by atoms with Crippen LogP contribution in [0.25, 0.3) is 10.2 Å². The molecule has 0 unspecified atom stereocenters. The molecule has 0 amide bonds. The van der Waals surface area contributed by atoms with Gasteiger partial charge in [0, 0.05) is 18.0 Å². The maximum absolute atomic E-state index is 12.8. The van der Waals surface area contributed by atoms with Crippen molar-refractivity contribution in [3.8, 4) is 0 Å². The highest BCUT2D eigenvalue weighted by Gasteiger charge is 2.34. The van der Waals surface area contributed by atoms with Gasteiger partial charge in [0.15, 0.2) is 0 Å². The lowest BCUT2D eigenvalue weighted by Gasteiger charge is -2.37. The number of nitrogens with zero attached hydrogens (tertiary/aromatic N) is 3. The summed E-state index contributed by atoms with van der Waals surface area (Å²) in [6, 6.07) is 0. The lowest BCUT2D eigenvalue weighted by molar-refractivity contribution is -0.145. The standard InChI is InChI=1S/C18H25N3O4S/c1-4-25-14(22)9-20-7-5-18(24,6-8-20)10-21-11-19-16-15(17(21)23)12(2)13(3)26-16/h11,24H,4-10H2,1-3H3. The molecule has 1 saturated heterocycles. The summed E-state index contributed by atoms with van der Waals surface area (Å²) < 4.78 is 6.48. The van der Waals surface area contributed by atoms with E-state index in [4.69, 9.17) is 4.74 Å². The first-order valence-corrected chi connectivity index (χ1v) is 9.70. The van der Waals surface area contributed by atoms with Gasteiger partial charge in [-0.3, -0.25) is 19.1 Å². The van der Waals surface area contributed by atoms with Crippen LogP contribution in [0.3, 0.4) is 0 Å². The van der Waals surface area contributed by atoms with Gasteiger partial charge in [0.05, 0.1) is 37.0 Å². The summed E-state index contributed by atoms with van der Waals surface area (Å²) in [7, 11) is 0. The SMILES string of the molecule is CCOC(=O)CN1CCC(O)(Cn2cnc3sc(C)c(C)c3c2=O)CC1. The molecule has 3 heterocycles. The van der Waals surface area contributed by atoms with Gasteiger partial charge in [-0.1, -0.05) is 0 Å². The Kier molecular flexibility index (Phi) is 5.45. The highest BCUT2D eigenvalue weighted by molar-refractivity contribution is 7.18. The first-order valence-electron chi connectivity index (χ1n) is 8.88. The fraction of sp³-hybridized carbons (Fsp3) is 0.611. The van der Waals surface area contributed by atoms with Crippen molar-refractivity contribution in [3.05, 3.63) is 27.1 Å². The third-order valence-corrected chi connectivity index (χ3v) is 6.18. The molecule has 2 aromatic rings. The molecule has 1 N–H and O–H groups in total. The van der Waals surface area contributed by atoms with Crippen LogP contribution >= 0.6 is 11.3 Å². The van der Waals surface area contributed by atoms with Crippen molar-refractivity contribution in [1.29, 1.82) is 0 Å². The minimum absolute atomic E-state index is 0.0979. The number of hydrogen-bond donors (Lipinski definition) is 1. The number of aliphatic hydroxyl groups is 1. The molecule has 0 bridgehead atoms. The number of aromatic nitrogens is 2. The van der Waals surface area contributed by atoms with Gasteiger partial charge in [-0.2, -0.15) is 0 Å². The van der Waals surface area contributed by atoms with Crippen LogP contribution in [0.2, 0.25) is 0 Å². The number of ether oxygens (including phenoxy) is 1. The van der Waals surface area contributed by atoms with E-state index < -0.39 is 5.60 Å². The second-order valence-electron chi connectivity index (χ2n) is 6.95. The van der Waals surface area contributed by atoms with E-state index in [0.29, 0.717) is 37.9 Å². The van der Waals surface area contributed by atoms with Crippen molar-refractivity contribution in [2.24, 2.45) is 0 Å². The molecule has 1 aliphatic heterocycles. The van der Waals surface area contributed by atoms with Crippen molar-refractivity contribution in [2.45, 2.75) is 45.8 Å². The number of aryl methyl sites for hydroxylation is 2. The normalized spacial score (nSPS) is 17.5. The van der Waals surface area contributed by atoms with E-state index in [9.17, 15) is 14.7 Å². The second kappa shape index (κ2) is 7.46. The zero-order valence-corrected chi connectivity index (χ0v) is 16.3. The fourth-order valence-corrected chi connectivity index (χ4v) is 4.36. The largest absolute Gasteiger partial charge is 0.465 e. The maximum atomic E-state index is 12.8. The van der Waals surface area contributed by atoms with Crippen LogP contribution in [0.5, 0.6) is 0 Å². The van der Waals surface area contributed by atoms with Crippen molar-refractivity contribution < 1.29 is 14.6 Å². The molecule has 2 aromatic heterocycles. The van der Waals surface area contributed by atoms with Crippen LogP contribution in [0.15, 0.2) is 11.1 Å². The molecule has 8 heteroatoms. The van der Waals surface area contributed by atoms with Crippen molar-refractivity contribution in [3.63, 3.8) is 0 Å². The Bertz CT molecular complexity index is 865. The predicted octanol–water partition coefficient (Wildman–Crippen LogP) is 1.46. The van der Waals surface area contributed by atoms with Crippen molar-refractivity contribution >= 4 is 27.5 Å². The molecular weight excluding hydrogens is 354 g/mol. The zero-order chi connectivity index (χ0) is 18.9. The molecule has 0 atom stereocenters. The van der Waals surface area contributed by atoms with Crippen LogP contribution in [0.1, 0.15) is 30.2 Å². The molecule has 7 nitrogen and oxygen atoms in total. The van der Waals surface area contributed by atoms with Crippen LogP contribution in [0, 0.1) is 13.8 Å². The Morgan fingerprint density at radius 1 is 1.38 bits per heavy atom. The maximum Gasteiger partial charge on any atom is 0.320 e. The number of piperidine rings is 1. The van der Waals surface area contributed by atoms with Gasteiger partial charge < -0.3 is 9.84 Å². The number of esters is 1. The molecular formula is C18H25N3O4S. The number of carbonyl (C=O) groups is 1. The molecule has 26 heavy (non-hydrogen) atoms. The third kappa shape index (κ3) is 3.82. The Hall–Kier alpha value is -1.77. The lowest BCUT2D eigenvalue weighted by atomic mass is 9.91. The summed E-state index contributed by atoms with van der Waals surface area (Å²) in [6.07, 6.45) is 2.53. The number of fused-ring (bicyclic) bond motifs is 1. The van der Waals surface area contributed by atoms with Crippen molar-refractivity contribution in [1.82, 2.24) is 14.5 Å². The Labute approximate surface area is 156 Å². The summed E-state index contributed by atoms with van der Waals surface area (Å²) in [5.41, 5.74) is -0.101. The number of rotatable bonds is 5.